The van der Waals surface area contributed by atoms with E-state index in [2.05, 4.69) is 98.6 Å². The molecule has 108 heavy (non-hydrogen) atoms. The van der Waals surface area contributed by atoms with Crippen molar-refractivity contribution in [3.63, 3.8) is 0 Å². The number of hydrogen-bond donors (Lipinski definition) is 8. The Morgan fingerprint density at radius 1 is 0.565 bits per heavy atom. The van der Waals surface area contributed by atoms with E-state index in [4.69, 9.17) is 20.3 Å². The molecule has 0 bridgehead atoms. The number of anilines is 6. The third-order valence-corrected chi connectivity index (χ3v) is 18.5. The molecule has 10 heterocycles. The maximum absolute atomic E-state index is 13.4. The summed E-state index contributed by atoms with van der Waals surface area (Å²) in [4.78, 5) is 72.8. The van der Waals surface area contributed by atoms with Crippen molar-refractivity contribution in [2.24, 2.45) is 17.8 Å². The minimum absolute atomic E-state index is 0. The first-order valence-electron chi connectivity index (χ1n) is 36.1. The van der Waals surface area contributed by atoms with Gasteiger partial charge < -0.3 is 61.7 Å². The molecule has 0 spiro atoms. The minimum Gasteiger partial charge on any atom is -0.444 e. The molecule has 0 saturated carbocycles. The second-order valence-corrected chi connectivity index (χ2v) is 28.6. The number of carbonyl (C=O) groups excluding carboxylic acids is 2. The summed E-state index contributed by atoms with van der Waals surface area (Å²) in [7, 11) is 1.00. The van der Waals surface area contributed by atoms with Crippen LogP contribution in [0.1, 0.15) is 112 Å². The molecular weight excluding hydrogens is 1380 g/mol. The molecule has 30 nitrogen and oxygen atoms in total. The number of aromatic nitrogens is 14. The number of nitrogens with two attached hydrogens (primary N) is 1. The average Bonchev–Trinajstić information content (AvgIpc) is 1.68. The number of aromatic amines is 1. The Balaban J connectivity index is 0.000000183. The summed E-state index contributed by atoms with van der Waals surface area (Å²) < 4.78 is 30.4. The molecule has 2 amide bonds. The quantitative estimate of drug-likeness (QED) is 0.0188. The number of hydrogen-bond acceptors (Lipinski definition) is 23. The zero-order chi connectivity index (χ0) is 74.7. The van der Waals surface area contributed by atoms with Crippen LogP contribution < -0.4 is 32.3 Å². The fourth-order valence-corrected chi connectivity index (χ4v) is 13.0. The van der Waals surface area contributed by atoms with Crippen molar-refractivity contribution in [2.45, 2.75) is 145 Å². The maximum atomic E-state index is 13.4. The first-order chi connectivity index (χ1) is 51.2. The number of likely N-dealkylation sites (tertiary alicyclic amines) is 2. The van der Waals surface area contributed by atoms with Crippen LogP contribution >= 0.6 is 0 Å². The molecule has 576 valence electrons. The molecule has 9 N–H and O–H groups in total. The number of aliphatic hydroxyl groups is 1. The van der Waals surface area contributed by atoms with E-state index in [0.29, 0.717) is 74.2 Å². The first-order valence-corrected chi connectivity index (χ1v) is 36.1. The first kappa shape index (κ1) is 80.9. The van der Waals surface area contributed by atoms with E-state index in [9.17, 15) is 24.1 Å². The number of amides is 2. The van der Waals surface area contributed by atoms with Crippen LogP contribution in [0.2, 0.25) is 0 Å². The zero-order valence-corrected chi connectivity index (χ0v) is 61.2. The van der Waals surface area contributed by atoms with Gasteiger partial charge in [-0.1, -0.05) is 51.3 Å². The molecule has 0 radical (unpaired) electrons. The van der Waals surface area contributed by atoms with Crippen molar-refractivity contribution in [2.75, 3.05) is 93.0 Å². The summed E-state index contributed by atoms with van der Waals surface area (Å²) in [6.07, 6.45) is 17.8. The number of nitro benzene ring substituents is 1. The normalized spacial score (nSPS) is 14.3. The molecule has 0 unspecified atom stereocenters. The van der Waals surface area contributed by atoms with Gasteiger partial charge in [0.1, 0.15) is 69.1 Å². The van der Waals surface area contributed by atoms with Crippen LogP contribution in [0.4, 0.5) is 54.4 Å². The highest BCUT2D eigenvalue weighted by atomic mass is 19.1. The van der Waals surface area contributed by atoms with Crippen molar-refractivity contribution in [3.05, 3.63) is 161 Å². The predicted octanol–water partition coefficient (Wildman–Crippen LogP) is 12.9. The number of nitrogens with one attached hydrogen (secondary N) is 6. The monoisotopic (exact) mass is 1480 g/mol. The molecule has 11 aromatic rings. The van der Waals surface area contributed by atoms with Gasteiger partial charge in [-0.15, -0.1) is 0 Å². The van der Waals surface area contributed by atoms with E-state index in [1.54, 1.807) is 53.0 Å². The number of halogens is 1. The number of nitrogens with zero attached hydrogens (tertiary/aromatic N) is 16. The summed E-state index contributed by atoms with van der Waals surface area (Å²) in [5.74, 6) is 4.05. The number of rotatable bonds is 21. The number of fused-ring (bicyclic) bond motifs is 4. The summed E-state index contributed by atoms with van der Waals surface area (Å²) >= 11 is 0. The van der Waals surface area contributed by atoms with Crippen LogP contribution in [0.3, 0.4) is 0 Å². The van der Waals surface area contributed by atoms with Gasteiger partial charge in [0, 0.05) is 96.1 Å². The zero-order valence-electron chi connectivity index (χ0n) is 61.2. The highest BCUT2D eigenvalue weighted by molar-refractivity contribution is 5.87. The Morgan fingerprint density at radius 2 is 0.954 bits per heavy atom. The number of benzene rings is 4. The highest BCUT2D eigenvalue weighted by Gasteiger charge is 2.30. The van der Waals surface area contributed by atoms with Crippen LogP contribution in [-0.2, 0) is 48.4 Å². The summed E-state index contributed by atoms with van der Waals surface area (Å²) in [6.45, 7) is 20.6. The van der Waals surface area contributed by atoms with Gasteiger partial charge in [0.2, 0.25) is 5.95 Å². The van der Waals surface area contributed by atoms with Gasteiger partial charge in [0.15, 0.2) is 17.5 Å². The molecule has 14 rings (SSSR count). The maximum Gasteiger partial charge on any atom is 0.410 e. The van der Waals surface area contributed by atoms with Crippen LogP contribution in [0.15, 0.2) is 129 Å². The second-order valence-electron chi connectivity index (χ2n) is 28.6. The summed E-state index contributed by atoms with van der Waals surface area (Å²) in [6, 6.07) is 27.2. The number of non-ortho nitro benzene ring substituents is 1. The van der Waals surface area contributed by atoms with Crippen molar-refractivity contribution in [1.29, 1.82) is 0 Å². The van der Waals surface area contributed by atoms with Gasteiger partial charge in [-0.2, -0.15) is 15.3 Å². The number of ether oxygens (including phenoxy) is 2. The number of nitrogen functional groups attached to an aromatic ring is 1. The standard InChI is InChI=1S/C26H28FN9.C24H31N7O4.C24H33N7O2.CH4O.2CH4/c27-19-3-6-21-22(13-19)35-26(34-21)33-20-4-1-17(2-5-20)9-12-29-25-24-23(30-16-31-25)14-32-36(24)15-18-7-10-28-11-8-18;1-24(2,3)35-23(32)29-12-9-18(10-13-29)15-30-21-20(14-28-30)26-16-27-22(21)25-11-8-17-4-6-19(7-5-17)31(33)34;1-24(2,3)33-23(32)30-12-9-18(10-13-30)15-31-21-20(14-29-31)27-16-28-22(21)26-11-8-17-4-6-19(25)7-5-17;1-2;;/h1-6,13-14,16,18,28H,7-12,15H2,(H,29,30,31)(H2,33,34,35);4-7,14,16,18H,8-13,15H2,1-3H3,(H,25,26,27);4-7,14,16,18H,8-13,15,25H2,1-3H3,(H,26,27,28);2H,1H3;2*1H4. The van der Waals surface area contributed by atoms with Gasteiger partial charge in [0.05, 0.1) is 34.5 Å². The molecule has 3 saturated heterocycles. The molecule has 0 atom stereocenters. The molecule has 31 heteroatoms. The Kier molecular flexibility index (Phi) is 28.3. The van der Waals surface area contributed by atoms with E-state index < -0.39 is 16.1 Å². The molecule has 3 aliphatic heterocycles. The lowest BCUT2D eigenvalue weighted by Gasteiger charge is -2.33. The van der Waals surface area contributed by atoms with Crippen LogP contribution in [-0.4, -0.2) is 178 Å². The van der Waals surface area contributed by atoms with E-state index in [1.807, 2.05) is 93.5 Å². The lowest BCUT2D eigenvalue weighted by Crippen LogP contribution is -2.42. The van der Waals surface area contributed by atoms with Crippen molar-refractivity contribution >= 4 is 96.8 Å². The van der Waals surface area contributed by atoms with Gasteiger partial charge in [0.25, 0.3) is 5.69 Å². The Morgan fingerprint density at radius 3 is 1.35 bits per heavy atom. The number of piperidine rings is 3. The van der Waals surface area contributed by atoms with Crippen LogP contribution in [0.25, 0.3) is 44.1 Å². The minimum atomic E-state index is -0.496. The fourth-order valence-electron chi connectivity index (χ4n) is 13.0. The topological polar surface area (TPSA) is 368 Å². The number of H-pyrrole nitrogens is 1. The molecular formula is C77H104FN23O7. The molecule has 7 aromatic heterocycles. The Hall–Kier alpha value is -11.2. The average molecular weight is 1480 g/mol. The largest absolute Gasteiger partial charge is 0.444 e. The predicted molar refractivity (Wildman–Crippen MR) is 421 cm³/mol. The van der Waals surface area contributed by atoms with Crippen molar-refractivity contribution in [1.82, 2.24) is 84.3 Å². The van der Waals surface area contributed by atoms with Gasteiger partial charge in [-0.25, -0.2) is 48.9 Å². The van der Waals surface area contributed by atoms with Crippen molar-refractivity contribution < 1.29 is 33.5 Å². The highest BCUT2D eigenvalue weighted by Crippen LogP contribution is 2.30. The number of imidazole rings is 1. The van der Waals surface area contributed by atoms with E-state index in [1.165, 1.54) is 41.7 Å². The lowest BCUT2D eigenvalue weighted by molar-refractivity contribution is -0.384. The Labute approximate surface area is 628 Å². The Bertz CT molecular complexity index is 4670. The third-order valence-electron chi connectivity index (χ3n) is 18.5. The number of nitro groups is 1. The van der Waals surface area contributed by atoms with E-state index in [-0.39, 0.29) is 38.5 Å². The SMILES string of the molecule is C.C.CC(C)(C)OC(=O)N1CCC(Cn2ncc3ncnc(NCCc4ccc(N)cc4)c32)CC1.CC(C)(C)OC(=O)N1CCC(Cn2ncc3ncnc(NCCc4ccc([N+](=O)[O-])cc4)c32)CC1.CO.Fc1ccc2nc(Nc3ccc(CCNc4ncnc5cnn(CC6CCNCC6)c45)cc3)[nH]c2c1. The second kappa shape index (κ2) is 37.9. The fraction of sp³-hybridized carbons (Fsp3) is 0.455. The lowest BCUT2D eigenvalue weighted by atomic mass is 9.97. The molecule has 3 fully saturated rings. The molecule has 0 aliphatic carbocycles. The summed E-state index contributed by atoms with van der Waals surface area (Å²) in [5, 5.41) is 48.5. The van der Waals surface area contributed by atoms with Gasteiger partial charge in [-0.05, 0) is 189 Å². The van der Waals surface area contributed by atoms with Crippen LogP contribution in [0, 0.1) is 33.7 Å². The van der Waals surface area contributed by atoms with Crippen LogP contribution in [0.5, 0.6) is 0 Å². The van der Waals surface area contributed by atoms with Gasteiger partial charge >= 0.3 is 12.2 Å². The van der Waals surface area contributed by atoms with Crippen molar-refractivity contribution in [3.8, 4) is 0 Å². The number of aliphatic hydroxyl groups excluding tert-OH is 1. The molecule has 4 aromatic carbocycles. The van der Waals surface area contributed by atoms with E-state index in [0.717, 1.165) is 171 Å². The molecule has 3 aliphatic rings. The number of carbonyl (C=O) groups is 2. The summed E-state index contributed by atoms with van der Waals surface area (Å²) in [5.41, 5.74) is 16.6. The smallest absolute Gasteiger partial charge is 0.410 e. The van der Waals surface area contributed by atoms with E-state index >= 15 is 0 Å². The third kappa shape index (κ3) is 22.4. The van der Waals surface area contributed by atoms with Gasteiger partial charge in [-0.3, -0.25) is 24.2 Å².